The summed E-state index contributed by atoms with van der Waals surface area (Å²) in [5.74, 6) is 0. The first-order chi connectivity index (χ1) is 12.2. The number of rotatable bonds is 1. The van der Waals surface area contributed by atoms with Crippen molar-refractivity contribution >= 4 is 11.6 Å². The molecule has 0 spiro atoms. The van der Waals surface area contributed by atoms with E-state index in [0.717, 1.165) is 5.02 Å². The summed E-state index contributed by atoms with van der Waals surface area (Å²) in [7, 11) is 0. The van der Waals surface area contributed by atoms with Gasteiger partial charge in [-0.1, -0.05) is 94.8 Å². The summed E-state index contributed by atoms with van der Waals surface area (Å²) in [6.07, 6.45) is 0. The predicted octanol–water partition coefficient (Wildman–Crippen LogP) is 7.61. The fourth-order valence-corrected chi connectivity index (χ4v) is 4.36. The van der Waals surface area contributed by atoms with Crippen LogP contribution in [0.2, 0.25) is 5.02 Å². The van der Waals surface area contributed by atoms with E-state index in [1.54, 1.807) is 0 Å². The molecule has 0 saturated carbocycles. The summed E-state index contributed by atoms with van der Waals surface area (Å²) >= 11 is 6.54. The minimum absolute atomic E-state index is 0.0308. The highest BCUT2D eigenvalue weighted by atomic mass is 35.5. The van der Waals surface area contributed by atoms with Crippen LogP contribution >= 0.6 is 11.6 Å². The predicted molar refractivity (Wildman–Crippen MR) is 113 cm³/mol. The Morgan fingerprint density at radius 3 is 2.08 bits per heavy atom. The van der Waals surface area contributed by atoms with E-state index in [9.17, 15) is 0 Å². The first-order valence-corrected chi connectivity index (χ1v) is 9.62. The van der Waals surface area contributed by atoms with E-state index in [4.69, 9.17) is 11.6 Å². The molecule has 1 heteroatoms. The fourth-order valence-electron chi connectivity index (χ4n) is 4.09. The third-order valence-electron chi connectivity index (χ3n) is 5.73. The van der Waals surface area contributed by atoms with Gasteiger partial charge in [-0.05, 0) is 50.9 Å². The van der Waals surface area contributed by atoms with Gasteiger partial charge in [0, 0.05) is 16.0 Å². The van der Waals surface area contributed by atoms with Crippen LogP contribution in [0.1, 0.15) is 51.3 Å². The van der Waals surface area contributed by atoms with E-state index in [-0.39, 0.29) is 10.8 Å². The SMILES string of the molecule is CC(C)(C)c1ccc(-c2ccc3c(c2)C(C)(C)c2cccc(Cl)c2-3)cc1. The van der Waals surface area contributed by atoms with Gasteiger partial charge >= 0.3 is 0 Å². The van der Waals surface area contributed by atoms with E-state index in [1.165, 1.54) is 38.9 Å². The molecular formula is C25H25Cl. The van der Waals surface area contributed by atoms with Crippen LogP contribution in [0.4, 0.5) is 0 Å². The molecule has 0 N–H and O–H groups in total. The number of fused-ring (bicyclic) bond motifs is 3. The van der Waals surface area contributed by atoms with Crippen LogP contribution in [0.5, 0.6) is 0 Å². The molecule has 0 heterocycles. The molecule has 0 radical (unpaired) electrons. The highest BCUT2D eigenvalue weighted by Crippen LogP contribution is 2.51. The van der Waals surface area contributed by atoms with Gasteiger partial charge in [0.05, 0.1) is 0 Å². The molecule has 0 amide bonds. The van der Waals surface area contributed by atoms with E-state index in [2.05, 4.69) is 89.2 Å². The van der Waals surface area contributed by atoms with Crippen LogP contribution in [0.25, 0.3) is 22.3 Å². The Hall–Kier alpha value is -2.05. The van der Waals surface area contributed by atoms with Crippen molar-refractivity contribution in [3.63, 3.8) is 0 Å². The zero-order valence-corrected chi connectivity index (χ0v) is 16.9. The largest absolute Gasteiger partial charge is 0.0837 e. The Kier molecular flexibility index (Phi) is 3.82. The molecule has 3 aromatic rings. The standard InChI is InChI=1S/C25H25Cl/c1-24(2,3)18-12-9-16(10-13-18)17-11-14-19-21(15-17)25(4,5)20-7-6-8-22(26)23(19)20/h6-15H,1-5H3. The summed E-state index contributed by atoms with van der Waals surface area (Å²) in [4.78, 5) is 0. The van der Waals surface area contributed by atoms with Gasteiger partial charge in [-0.3, -0.25) is 0 Å². The Morgan fingerprint density at radius 2 is 1.42 bits per heavy atom. The number of hydrogen-bond donors (Lipinski definition) is 0. The first-order valence-electron chi connectivity index (χ1n) is 9.24. The van der Waals surface area contributed by atoms with Crippen molar-refractivity contribution in [2.45, 2.75) is 45.4 Å². The summed E-state index contributed by atoms with van der Waals surface area (Å²) in [5, 5.41) is 0.844. The Labute approximate surface area is 161 Å². The molecular weight excluding hydrogens is 336 g/mol. The van der Waals surface area contributed by atoms with Crippen LogP contribution in [0.15, 0.2) is 60.7 Å². The van der Waals surface area contributed by atoms with E-state index in [0.29, 0.717) is 0 Å². The lowest BCUT2D eigenvalue weighted by molar-refractivity contribution is 0.590. The molecule has 0 saturated heterocycles. The quantitative estimate of drug-likeness (QED) is 0.418. The van der Waals surface area contributed by atoms with Gasteiger partial charge < -0.3 is 0 Å². The van der Waals surface area contributed by atoms with Crippen molar-refractivity contribution in [2.75, 3.05) is 0 Å². The van der Waals surface area contributed by atoms with Gasteiger partial charge in [-0.25, -0.2) is 0 Å². The maximum absolute atomic E-state index is 6.54. The monoisotopic (exact) mass is 360 g/mol. The van der Waals surface area contributed by atoms with Gasteiger partial charge in [0.25, 0.3) is 0 Å². The third kappa shape index (κ3) is 2.59. The molecule has 3 aromatic carbocycles. The van der Waals surface area contributed by atoms with Crippen molar-refractivity contribution in [1.29, 1.82) is 0 Å². The first kappa shape index (κ1) is 17.4. The molecule has 1 aliphatic carbocycles. The zero-order chi connectivity index (χ0) is 18.7. The van der Waals surface area contributed by atoms with Gasteiger partial charge in [-0.2, -0.15) is 0 Å². The molecule has 26 heavy (non-hydrogen) atoms. The maximum atomic E-state index is 6.54. The number of halogens is 1. The molecule has 0 unspecified atom stereocenters. The minimum Gasteiger partial charge on any atom is -0.0837 e. The van der Waals surface area contributed by atoms with Crippen LogP contribution in [-0.4, -0.2) is 0 Å². The smallest absolute Gasteiger partial charge is 0.0487 e. The highest BCUT2D eigenvalue weighted by molar-refractivity contribution is 6.33. The van der Waals surface area contributed by atoms with Crippen molar-refractivity contribution in [3.8, 4) is 22.3 Å². The Bertz CT molecular complexity index is 986. The average molecular weight is 361 g/mol. The molecule has 0 aliphatic heterocycles. The molecule has 1 aliphatic rings. The van der Waals surface area contributed by atoms with E-state index in [1.807, 2.05) is 6.07 Å². The molecule has 0 nitrogen and oxygen atoms in total. The van der Waals surface area contributed by atoms with Crippen LogP contribution in [0.3, 0.4) is 0 Å². The lowest BCUT2D eigenvalue weighted by Gasteiger charge is -2.22. The second kappa shape index (κ2) is 5.72. The van der Waals surface area contributed by atoms with Crippen molar-refractivity contribution in [2.24, 2.45) is 0 Å². The van der Waals surface area contributed by atoms with Crippen molar-refractivity contribution < 1.29 is 0 Å². The van der Waals surface area contributed by atoms with Crippen LogP contribution in [0, 0.1) is 0 Å². The third-order valence-corrected chi connectivity index (χ3v) is 6.05. The average Bonchev–Trinajstić information content (AvgIpc) is 2.83. The van der Waals surface area contributed by atoms with Gasteiger partial charge in [0.15, 0.2) is 0 Å². The lowest BCUT2D eigenvalue weighted by atomic mass is 9.81. The molecule has 0 bridgehead atoms. The summed E-state index contributed by atoms with van der Waals surface area (Å²) in [5.41, 5.74) is 9.18. The zero-order valence-electron chi connectivity index (χ0n) is 16.2. The topological polar surface area (TPSA) is 0 Å². The van der Waals surface area contributed by atoms with Crippen molar-refractivity contribution in [1.82, 2.24) is 0 Å². The van der Waals surface area contributed by atoms with E-state index < -0.39 is 0 Å². The van der Waals surface area contributed by atoms with Gasteiger partial charge in [-0.15, -0.1) is 0 Å². The Balaban J connectivity index is 1.82. The summed E-state index contributed by atoms with van der Waals surface area (Å²) in [6.45, 7) is 11.3. The molecule has 132 valence electrons. The molecule has 0 atom stereocenters. The van der Waals surface area contributed by atoms with Gasteiger partial charge in [0.1, 0.15) is 0 Å². The number of hydrogen-bond acceptors (Lipinski definition) is 0. The second-order valence-electron chi connectivity index (χ2n) is 8.88. The highest BCUT2D eigenvalue weighted by Gasteiger charge is 2.36. The van der Waals surface area contributed by atoms with Crippen LogP contribution in [-0.2, 0) is 10.8 Å². The molecule has 0 fully saturated rings. The molecule has 4 rings (SSSR count). The minimum atomic E-state index is -0.0308. The fraction of sp³-hybridized carbons (Fsp3) is 0.280. The summed E-state index contributed by atoms with van der Waals surface area (Å²) < 4.78 is 0. The Morgan fingerprint density at radius 1 is 0.769 bits per heavy atom. The van der Waals surface area contributed by atoms with Crippen molar-refractivity contribution in [3.05, 3.63) is 82.4 Å². The normalized spacial score (nSPS) is 14.8. The second-order valence-corrected chi connectivity index (χ2v) is 9.28. The lowest BCUT2D eigenvalue weighted by Crippen LogP contribution is -2.15. The maximum Gasteiger partial charge on any atom is 0.0487 e. The number of benzene rings is 3. The van der Waals surface area contributed by atoms with E-state index >= 15 is 0 Å². The van der Waals surface area contributed by atoms with Crippen LogP contribution < -0.4 is 0 Å². The van der Waals surface area contributed by atoms with Gasteiger partial charge in [0.2, 0.25) is 0 Å². The summed E-state index contributed by atoms with van der Waals surface area (Å²) in [6, 6.07) is 22.0. The molecule has 0 aromatic heterocycles.